The molecule has 1 aromatic heterocycles. The molecule has 1 amide bonds. The van der Waals surface area contributed by atoms with E-state index in [1.807, 2.05) is 46.8 Å². The summed E-state index contributed by atoms with van der Waals surface area (Å²) >= 11 is 0. The summed E-state index contributed by atoms with van der Waals surface area (Å²) in [6.07, 6.45) is 2.53. The lowest BCUT2D eigenvalue weighted by Crippen LogP contribution is -2.41. The summed E-state index contributed by atoms with van der Waals surface area (Å²) in [6.45, 7) is 4.87. The molecule has 1 saturated carbocycles. The van der Waals surface area contributed by atoms with Gasteiger partial charge in [-0.25, -0.2) is 0 Å². The number of amides is 1. The van der Waals surface area contributed by atoms with Gasteiger partial charge in [0.25, 0.3) is 5.91 Å². The number of nitrogens with zero attached hydrogens (tertiary/aromatic N) is 3. The Balaban J connectivity index is 1.44. The molecule has 0 saturated heterocycles. The molecule has 2 aliphatic rings. The van der Waals surface area contributed by atoms with Crippen molar-refractivity contribution >= 4 is 5.91 Å². The van der Waals surface area contributed by atoms with Gasteiger partial charge in [0, 0.05) is 13.1 Å². The quantitative estimate of drug-likeness (QED) is 0.853. The Bertz CT molecular complexity index is 734. The van der Waals surface area contributed by atoms with Gasteiger partial charge in [-0.1, -0.05) is 12.1 Å². The van der Waals surface area contributed by atoms with Crippen LogP contribution in [-0.2, 0) is 13.2 Å². The minimum atomic E-state index is 0.109. The number of hydrogen-bond acceptors (Lipinski definition) is 3. The van der Waals surface area contributed by atoms with Crippen LogP contribution in [0.1, 0.15) is 34.6 Å². The molecule has 23 heavy (non-hydrogen) atoms. The van der Waals surface area contributed by atoms with E-state index in [0.29, 0.717) is 12.3 Å². The van der Waals surface area contributed by atoms with Crippen LogP contribution >= 0.6 is 0 Å². The molecule has 4 rings (SSSR count). The van der Waals surface area contributed by atoms with Crippen molar-refractivity contribution in [2.75, 3.05) is 13.1 Å². The second-order valence-electron chi connectivity index (χ2n) is 6.54. The molecule has 0 bridgehead atoms. The van der Waals surface area contributed by atoms with Crippen molar-refractivity contribution in [2.45, 2.75) is 32.9 Å². The van der Waals surface area contributed by atoms with Gasteiger partial charge in [0.2, 0.25) is 0 Å². The summed E-state index contributed by atoms with van der Waals surface area (Å²) in [6, 6.07) is 9.82. The van der Waals surface area contributed by atoms with Crippen LogP contribution < -0.4 is 4.74 Å². The van der Waals surface area contributed by atoms with Gasteiger partial charge in [-0.2, -0.15) is 5.10 Å². The number of rotatable bonds is 5. The topological polar surface area (TPSA) is 47.4 Å². The number of aryl methyl sites for hydroxylation is 1. The lowest BCUT2D eigenvalue weighted by atomic mass is 10.2. The van der Waals surface area contributed by atoms with Gasteiger partial charge in [-0.15, -0.1) is 0 Å². The monoisotopic (exact) mass is 311 g/mol. The number of carbonyl (C=O) groups excluding carboxylic acids is 1. The summed E-state index contributed by atoms with van der Waals surface area (Å²) in [4.78, 5) is 14.5. The fourth-order valence-corrected chi connectivity index (χ4v) is 3.01. The molecule has 120 valence electrons. The van der Waals surface area contributed by atoms with Crippen molar-refractivity contribution in [1.82, 2.24) is 14.7 Å². The first-order valence-corrected chi connectivity index (χ1v) is 8.24. The molecule has 1 aliphatic heterocycles. The maximum Gasteiger partial charge on any atom is 0.272 e. The predicted molar refractivity (Wildman–Crippen MR) is 86.4 cm³/mol. The maximum atomic E-state index is 12.5. The van der Waals surface area contributed by atoms with Crippen LogP contribution in [0.25, 0.3) is 0 Å². The number of fused-ring (bicyclic) bond motifs is 1. The first-order valence-electron chi connectivity index (χ1n) is 8.24. The maximum absolute atomic E-state index is 12.5. The lowest BCUT2D eigenvalue weighted by molar-refractivity contribution is 0.0689. The van der Waals surface area contributed by atoms with E-state index in [2.05, 4.69) is 5.10 Å². The van der Waals surface area contributed by atoms with E-state index in [1.54, 1.807) is 0 Å². The summed E-state index contributed by atoms with van der Waals surface area (Å²) in [5.41, 5.74) is 2.67. The average Bonchev–Trinajstić information content (AvgIpc) is 3.25. The van der Waals surface area contributed by atoms with Crippen molar-refractivity contribution in [3.63, 3.8) is 0 Å². The molecule has 0 atom stereocenters. The predicted octanol–water partition coefficient (Wildman–Crippen LogP) is 2.64. The Labute approximate surface area is 135 Å². The molecule has 0 N–H and O–H groups in total. The van der Waals surface area contributed by atoms with Crippen molar-refractivity contribution in [3.8, 4) is 5.75 Å². The Morgan fingerprint density at radius 3 is 2.91 bits per heavy atom. The van der Waals surface area contributed by atoms with E-state index in [-0.39, 0.29) is 5.91 Å². The van der Waals surface area contributed by atoms with Crippen LogP contribution in [0.5, 0.6) is 5.75 Å². The summed E-state index contributed by atoms with van der Waals surface area (Å²) in [5, 5.41) is 4.51. The lowest BCUT2D eigenvalue weighted by Gasteiger charge is -2.27. The first-order chi connectivity index (χ1) is 11.2. The van der Waals surface area contributed by atoms with Crippen LogP contribution in [0.15, 0.2) is 30.3 Å². The second kappa shape index (κ2) is 5.72. The minimum Gasteiger partial charge on any atom is -0.487 e. The Morgan fingerprint density at radius 2 is 2.13 bits per heavy atom. The number of aromatic nitrogens is 2. The van der Waals surface area contributed by atoms with Gasteiger partial charge in [-0.3, -0.25) is 9.48 Å². The molecule has 2 heterocycles. The van der Waals surface area contributed by atoms with Gasteiger partial charge in [0.05, 0.1) is 6.54 Å². The molecule has 1 fully saturated rings. The van der Waals surface area contributed by atoms with Crippen molar-refractivity contribution in [3.05, 3.63) is 47.3 Å². The third kappa shape index (κ3) is 3.09. The zero-order valence-electron chi connectivity index (χ0n) is 13.4. The molecule has 1 aliphatic carbocycles. The van der Waals surface area contributed by atoms with E-state index in [0.717, 1.165) is 42.6 Å². The number of carbonyl (C=O) groups is 1. The zero-order valence-corrected chi connectivity index (χ0v) is 13.4. The van der Waals surface area contributed by atoms with Gasteiger partial charge in [0.15, 0.2) is 0 Å². The molecule has 0 spiro atoms. The first kappa shape index (κ1) is 14.3. The van der Waals surface area contributed by atoms with E-state index in [1.165, 1.54) is 12.8 Å². The number of hydrogen-bond donors (Lipinski definition) is 0. The Morgan fingerprint density at radius 1 is 1.26 bits per heavy atom. The normalized spacial score (nSPS) is 17.3. The van der Waals surface area contributed by atoms with Crippen LogP contribution in [0, 0.1) is 12.8 Å². The fourth-order valence-electron chi connectivity index (χ4n) is 3.01. The standard InChI is InChI=1S/C18H21N3O2/c1-13-3-2-4-16(9-13)23-12-15-10-17-18(22)20(11-14-5-6-14)7-8-21(17)19-15/h2-4,9-10,14H,5-8,11-12H2,1H3. The molecule has 0 unspecified atom stereocenters. The zero-order chi connectivity index (χ0) is 15.8. The smallest absolute Gasteiger partial charge is 0.272 e. The van der Waals surface area contributed by atoms with E-state index >= 15 is 0 Å². The highest BCUT2D eigenvalue weighted by molar-refractivity contribution is 5.93. The largest absolute Gasteiger partial charge is 0.487 e. The van der Waals surface area contributed by atoms with Crippen molar-refractivity contribution in [2.24, 2.45) is 5.92 Å². The van der Waals surface area contributed by atoms with Crippen molar-refractivity contribution in [1.29, 1.82) is 0 Å². The SMILES string of the molecule is Cc1cccc(OCc2cc3n(n2)CCN(CC2CC2)C3=O)c1. The Kier molecular flexibility index (Phi) is 3.56. The van der Waals surface area contributed by atoms with E-state index in [9.17, 15) is 4.79 Å². The van der Waals surface area contributed by atoms with E-state index < -0.39 is 0 Å². The number of ether oxygens (including phenoxy) is 1. The minimum absolute atomic E-state index is 0.109. The molecule has 0 radical (unpaired) electrons. The van der Waals surface area contributed by atoms with Crippen LogP contribution in [0.3, 0.4) is 0 Å². The molecule has 5 heteroatoms. The van der Waals surface area contributed by atoms with Crippen LogP contribution in [-0.4, -0.2) is 33.7 Å². The van der Waals surface area contributed by atoms with Gasteiger partial charge >= 0.3 is 0 Å². The highest BCUT2D eigenvalue weighted by atomic mass is 16.5. The van der Waals surface area contributed by atoms with Gasteiger partial charge in [-0.05, 0) is 49.4 Å². The molecular weight excluding hydrogens is 290 g/mol. The summed E-state index contributed by atoms with van der Waals surface area (Å²) in [5.74, 6) is 1.66. The van der Waals surface area contributed by atoms with Gasteiger partial charge < -0.3 is 9.64 Å². The second-order valence-corrected chi connectivity index (χ2v) is 6.54. The van der Waals surface area contributed by atoms with Crippen LogP contribution in [0.4, 0.5) is 0 Å². The Hall–Kier alpha value is -2.30. The summed E-state index contributed by atoms with van der Waals surface area (Å²) in [7, 11) is 0. The molecule has 5 nitrogen and oxygen atoms in total. The fraction of sp³-hybridized carbons (Fsp3) is 0.444. The molecule has 2 aromatic rings. The summed E-state index contributed by atoms with van der Waals surface area (Å²) < 4.78 is 7.61. The highest BCUT2D eigenvalue weighted by Gasteiger charge is 2.31. The van der Waals surface area contributed by atoms with Gasteiger partial charge in [0.1, 0.15) is 23.7 Å². The average molecular weight is 311 g/mol. The molecule has 1 aromatic carbocycles. The van der Waals surface area contributed by atoms with Crippen molar-refractivity contribution < 1.29 is 9.53 Å². The van der Waals surface area contributed by atoms with Crippen LogP contribution in [0.2, 0.25) is 0 Å². The third-order valence-electron chi connectivity index (χ3n) is 4.47. The molecular formula is C18H21N3O2. The number of benzene rings is 1. The third-order valence-corrected chi connectivity index (χ3v) is 4.47. The van der Waals surface area contributed by atoms with E-state index in [4.69, 9.17) is 4.74 Å². The highest BCUT2D eigenvalue weighted by Crippen LogP contribution is 2.30.